The summed E-state index contributed by atoms with van der Waals surface area (Å²) in [5, 5.41) is 8.84. The minimum absolute atomic E-state index is 0.0849. The van der Waals surface area contributed by atoms with Crippen LogP contribution in [0.25, 0.3) is 11.3 Å². The molecule has 0 bridgehead atoms. The minimum atomic E-state index is -0.875. The average Bonchev–Trinajstić information content (AvgIpc) is 3.02. The fourth-order valence-electron chi connectivity index (χ4n) is 2.20. The number of rotatable bonds is 3. The third kappa shape index (κ3) is 2.01. The van der Waals surface area contributed by atoms with Crippen LogP contribution in [0.1, 0.15) is 18.1 Å². The lowest BCUT2D eigenvalue weighted by atomic mass is 10.1. The van der Waals surface area contributed by atoms with Crippen molar-refractivity contribution in [1.82, 2.24) is 0 Å². The third-order valence-electron chi connectivity index (χ3n) is 3.31. The summed E-state index contributed by atoms with van der Waals surface area (Å²) in [5.74, 6) is -2.38. The fraction of sp³-hybridized carbons (Fsp3) is 0.214. The molecule has 1 aliphatic rings. The Morgan fingerprint density at radius 1 is 1.21 bits per heavy atom. The molecule has 1 aromatic heterocycles. The Balaban J connectivity index is 1.92. The Kier molecular flexibility index (Phi) is 2.62. The molecule has 1 heterocycles. The Hall–Kier alpha value is -2.17. The van der Waals surface area contributed by atoms with Gasteiger partial charge in [-0.15, -0.1) is 0 Å². The van der Waals surface area contributed by atoms with E-state index in [-0.39, 0.29) is 17.2 Å². The zero-order valence-corrected chi connectivity index (χ0v) is 9.77. The van der Waals surface area contributed by atoms with Crippen molar-refractivity contribution in [3.05, 3.63) is 47.7 Å². The van der Waals surface area contributed by atoms with Gasteiger partial charge in [0.1, 0.15) is 23.2 Å². The molecule has 2 aromatic rings. The van der Waals surface area contributed by atoms with E-state index in [0.717, 1.165) is 12.1 Å². The Bertz CT molecular complexity index is 628. The van der Waals surface area contributed by atoms with E-state index in [2.05, 4.69) is 0 Å². The molecule has 1 N–H and O–H groups in total. The van der Waals surface area contributed by atoms with Crippen molar-refractivity contribution >= 4 is 5.97 Å². The summed E-state index contributed by atoms with van der Waals surface area (Å²) in [6.07, 6.45) is 0.502. The van der Waals surface area contributed by atoms with Gasteiger partial charge in [-0.2, -0.15) is 0 Å². The number of furan rings is 1. The Morgan fingerprint density at radius 3 is 2.47 bits per heavy atom. The highest BCUT2D eigenvalue weighted by Gasteiger charge is 2.46. The van der Waals surface area contributed by atoms with Crippen LogP contribution in [0.5, 0.6) is 0 Å². The first kappa shape index (κ1) is 11.9. The second-order valence-corrected chi connectivity index (χ2v) is 4.59. The van der Waals surface area contributed by atoms with Crippen LogP contribution in [0.15, 0.2) is 34.7 Å². The van der Waals surface area contributed by atoms with Gasteiger partial charge in [-0.25, -0.2) is 8.78 Å². The van der Waals surface area contributed by atoms with Crippen molar-refractivity contribution in [2.24, 2.45) is 5.92 Å². The molecule has 0 unspecified atom stereocenters. The lowest BCUT2D eigenvalue weighted by molar-refractivity contribution is -0.138. The Morgan fingerprint density at radius 2 is 1.89 bits per heavy atom. The second-order valence-electron chi connectivity index (χ2n) is 4.59. The second kappa shape index (κ2) is 4.19. The van der Waals surface area contributed by atoms with Gasteiger partial charge in [0.25, 0.3) is 0 Å². The average molecular weight is 264 g/mol. The quantitative estimate of drug-likeness (QED) is 0.924. The normalized spacial score (nSPS) is 21.4. The highest BCUT2D eigenvalue weighted by molar-refractivity contribution is 5.75. The van der Waals surface area contributed by atoms with Crippen LogP contribution in [0.2, 0.25) is 0 Å². The molecule has 0 spiro atoms. The lowest BCUT2D eigenvalue weighted by Crippen LogP contribution is -1.98. The maximum atomic E-state index is 13.6. The molecule has 0 amide bonds. The number of hydrogen-bond donors (Lipinski definition) is 1. The summed E-state index contributed by atoms with van der Waals surface area (Å²) in [4.78, 5) is 10.8. The summed E-state index contributed by atoms with van der Waals surface area (Å²) < 4.78 is 32.5. The number of halogens is 2. The fourth-order valence-corrected chi connectivity index (χ4v) is 2.20. The van der Waals surface area contributed by atoms with Gasteiger partial charge in [-0.1, -0.05) is 6.07 Å². The van der Waals surface area contributed by atoms with Gasteiger partial charge in [0.05, 0.1) is 11.5 Å². The molecule has 1 aromatic carbocycles. The largest absolute Gasteiger partial charge is 0.481 e. The molecule has 2 atom stereocenters. The standard InChI is InChI=1S/C14H10F2O3/c15-9-2-1-3-10(16)13(9)12-5-4-11(19-12)7-6-8(7)14(17)18/h1-5,7-8H,6H2,(H,17,18)/t7-,8-/m0/s1. The monoisotopic (exact) mass is 264 g/mol. The van der Waals surface area contributed by atoms with Crippen LogP contribution in [0.4, 0.5) is 8.78 Å². The number of carbonyl (C=O) groups is 1. The van der Waals surface area contributed by atoms with Crippen molar-refractivity contribution in [3.8, 4) is 11.3 Å². The molecule has 3 nitrogen and oxygen atoms in total. The van der Waals surface area contributed by atoms with Crippen LogP contribution < -0.4 is 0 Å². The van der Waals surface area contributed by atoms with Crippen LogP contribution in [0, 0.1) is 17.6 Å². The van der Waals surface area contributed by atoms with E-state index in [1.165, 1.54) is 12.1 Å². The molecule has 1 saturated carbocycles. The zero-order chi connectivity index (χ0) is 13.6. The molecule has 19 heavy (non-hydrogen) atoms. The maximum absolute atomic E-state index is 13.6. The molecule has 1 fully saturated rings. The van der Waals surface area contributed by atoms with Crippen LogP contribution in [0.3, 0.4) is 0 Å². The van der Waals surface area contributed by atoms with Crippen molar-refractivity contribution in [2.45, 2.75) is 12.3 Å². The summed E-state index contributed by atoms with van der Waals surface area (Å²) in [5.41, 5.74) is -0.221. The van der Waals surface area contributed by atoms with Crippen molar-refractivity contribution in [1.29, 1.82) is 0 Å². The van der Waals surface area contributed by atoms with Crippen molar-refractivity contribution in [2.75, 3.05) is 0 Å². The number of carboxylic acids is 1. The van der Waals surface area contributed by atoms with Gasteiger partial charge in [0.15, 0.2) is 0 Å². The highest BCUT2D eigenvalue weighted by atomic mass is 19.1. The number of hydrogen-bond acceptors (Lipinski definition) is 2. The molecular weight excluding hydrogens is 254 g/mol. The van der Waals surface area contributed by atoms with Gasteiger partial charge in [-0.3, -0.25) is 4.79 Å². The predicted molar refractivity (Wildman–Crippen MR) is 62.5 cm³/mol. The lowest BCUT2D eigenvalue weighted by Gasteiger charge is -2.01. The molecule has 0 radical (unpaired) electrons. The first-order valence-corrected chi connectivity index (χ1v) is 5.85. The smallest absolute Gasteiger partial charge is 0.307 e. The van der Waals surface area contributed by atoms with Crippen LogP contribution >= 0.6 is 0 Å². The summed E-state index contributed by atoms with van der Waals surface area (Å²) in [6.45, 7) is 0. The number of aliphatic carboxylic acids is 1. The molecule has 98 valence electrons. The SMILES string of the molecule is O=C(O)[C@H]1C[C@@H]1c1ccc(-c2c(F)cccc2F)o1. The van der Waals surface area contributed by atoms with Gasteiger partial charge in [0, 0.05) is 5.92 Å². The molecule has 1 aliphatic carbocycles. The molecular formula is C14H10F2O3. The van der Waals surface area contributed by atoms with E-state index >= 15 is 0 Å². The third-order valence-corrected chi connectivity index (χ3v) is 3.31. The summed E-state index contributed by atoms with van der Waals surface area (Å²) in [6, 6.07) is 6.62. The van der Waals surface area contributed by atoms with Crippen molar-refractivity contribution in [3.63, 3.8) is 0 Å². The predicted octanol–water partition coefficient (Wildman–Crippen LogP) is 3.41. The van der Waals surface area contributed by atoms with E-state index < -0.39 is 23.5 Å². The van der Waals surface area contributed by atoms with E-state index in [9.17, 15) is 13.6 Å². The zero-order valence-electron chi connectivity index (χ0n) is 9.77. The molecule has 0 saturated heterocycles. The van der Waals surface area contributed by atoms with Gasteiger partial charge < -0.3 is 9.52 Å². The van der Waals surface area contributed by atoms with Gasteiger partial charge in [0.2, 0.25) is 0 Å². The number of benzene rings is 1. The molecule has 3 rings (SSSR count). The van der Waals surface area contributed by atoms with Crippen LogP contribution in [-0.4, -0.2) is 11.1 Å². The van der Waals surface area contributed by atoms with Gasteiger partial charge >= 0.3 is 5.97 Å². The maximum Gasteiger partial charge on any atom is 0.307 e. The molecule has 0 aliphatic heterocycles. The summed E-state index contributed by atoms with van der Waals surface area (Å²) >= 11 is 0. The summed E-state index contributed by atoms with van der Waals surface area (Å²) in [7, 11) is 0. The first-order chi connectivity index (χ1) is 9.08. The van der Waals surface area contributed by atoms with E-state index in [0.29, 0.717) is 12.2 Å². The molecule has 5 heteroatoms. The van der Waals surface area contributed by atoms with Gasteiger partial charge in [-0.05, 0) is 30.7 Å². The highest BCUT2D eigenvalue weighted by Crippen LogP contribution is 2.48. The topological polar surface area (TPSA) is 50.4 Å². The van der Waals surface area contributed by atoms with E-state index in [4.69, 9.17) is 9.52 Å². The Labute approximate surface area is 107 Å². The van der Waals surface area contributed by atoms with E-state index in [1.807, 2.05) is 0 Å². The van der Waals surface area contributed by atoms with Crippen molar-refractivity contribution < 1.29 is 23.1 Å². The van der Waals surface area contributed by atoms with Crippen LogP contribution in [-0.2, 0) is 4.79 Å². The van der Waals surface area contributed by atoms with E-state index in [1.54, 1.807) is 6.07 Å². The number of carboxylic acid groups (broad SMARTS) is 1. The first-order valence-electron chi connectivity index (χ1n) is 5.85. The minimum Gasteiger partial charge on any atom is -0.481 e.